The van der Waals surface area contributed by atoms with Gasteiger partial charge in [0.15, 0.2) is 17.0 Å². The van der Waals surface area contributed by atoms with Crippen LogP contribution in [0.1, 0.15) is 29.7 Å². The summed E-state index contributed by atoms with van der Waals surface area (Å²) in [7, 11) is 0. The number of carboxylic acid groups (broad SMARTS) is 1. The number of aryl methyl sites for hydroxylation is 1. The van der Waals surface area contributed by atoms with Crippen molar-refractivity contribution in [1.29, 1.82) is 0 Å². The molecule has 3 aromatic rings. The smallest absolute Gasteiger partial charge is 0.405 e. The Bertz CT molecular complexity index is 1010. The molecule has 2 heterocycles. The fourth-order valence-electron chi connectivity index (χ4n) is 2.78. The molecule has 0 aliphatic heterocycles. The van der Waals surface area contributed by atoms with Gasteiger partial charge in [0.2, 0.25) is 0 Å². The van der Waals surface area contributed by atoms with E-state index >= 15 is 0 Å². The van der Waals surface area contributed by atoms with Crippen molar-refractivity contribution < 1.29 is 14.3 Å². The van der Waals surface area contributed by atoms with Crippen molar-refractivity contribution in [2.75, 3.05) is 0 Å². The minimum absolute atomic E-state index is 0.184. The Balaban J connectivity index is 2.33. The molecule has 1 amide bonds. The predicted octanol–water partition coefficient (Wildman–Crippen LogP) is 3.20. The maximum Gasteiger partial charge on any atom is 0.405 e. The number of carbonyl (C=O) groups is 1. The molecule has 0 saturated carbocycles. The highest BCUT2D eigenvalue weighted by atomic mass is 16.4. The number of amides is 1. The Morgan fingerprint density at radius 2 is 1.92 bits per heavy atom. The Morgan fingerprint density at radius 1 is 1.24 bits per heavy atom. The van der Waals surface area contributed by atoms with Crippen LogP contribution in [-0.4, -0.2) is 21.2 Å². The van der Waals surface area contributed by atoms with Crippen LogP contribution >= 0.6 is 0 Å². The molecule has 1 aromatic carbocycles. The van der Waals surface area contributed by atoms with Gasteiger partial charge in [-0.1, -0.05) is 6.07 Å². The van der Waals surface area contributed by atoms with Gasteiger partial charge in [0.1, 0.15) is 5.58 Å². The standard InChI is InChI=1S/C18H17N3O4/c1-9-7-12(11(3)21-18(23)24)16-13(8-9)14(22)10(2)15(25-16)17-19-5-4-6-20-17/h4-8,11,21H,1-3H3,(H,23,24)/t11-/m1/s1. The number of benzene rings is 1. The van der Waals surface area contributed by atoms with Gasteiger partial charge in [-0.3, -0.25) is 4.79 Å². The molecule has 0 radical (unpaired) electrons. The molecule has 128 valence electrons. The largest absolute Gasteiger partial charge is 0.465 e. The van der Waals surface area contributed by atoms with E-state index in [-0.39, 0.29) is 11.2 Å². The zero-order chi connectivity index (χ0) is 18.1. The van der Waals surface area contributed by atoms with E-state index in [0.717, 1.165) is 5.56 Å². The fourth-order valence-corrected chi connectivity index (χ4v) is 2.78. The highest BCUT2D eigenvalue weighted by molar-refractivity contribution is 5.84. The van der Waals surface area contributed by atoms with E-state index in [1.807, 2.05) is 6.92 Å². The van der Waals surface area contributed by atoms with Crippen LogP contribution < -0.4 is 10.7 Å². The van der Waals surface area contributed by atoms with Gasteiger partial charge in [-0.15, -0.1) is 0 Å². The highest BCUT2D eigenvalue weighted by Crippen LogP contribution is 2.29. The molecule has 7 heteroatoms. The van der Waals surface area contributed by atoms with E-state index in [4.69, 9.17) is 9.52 Å². The van der Waals surface area contributed by atoms with Crippen LogP contribution in [0.4, 0.5) is 4.79 Å². The molecule has 2 N–H and O–H groups in total. The molecular weight excluding hydrogens is 322 g/mol. The Morgan fingerprint density at radius 3 is 2.56 bits per heavy atom. The Kier molecular flexibility index (Phi) is 4.22. The van der Waals surface area contributed by atoms with Crippen molar-refractivity contribution in [2.45, 2.75) is 26.8 Å². The first-order chi connectivity index (χ1) is 11.9. The van der Waals surface area contributed by atoms with E-state index in [0.29, 0.717) is 27.9 Å². The van der Waals surface area contributed by atoms with Gasteiger partial charge in [-0.2, -0.15) is 0 Å². The average molecular weight is 339 g/mol. The molecular formula is C18H17N3O4. The molecule has 0 aliphatic rings. The number of nitrogens with one attached hydrogen (secondary N) is 1. The topological polar surface area (TPSA) is 105 Å². The third-order valence-corrected chi connectivity index (χ3v) is 3.97. The molecule has 0 saturated heterocycles. The summed E-state index contributed by atoms with van der Waals surface area (Å²) in [6, 6.07) is 4.67. The fraction of sp³-hybridized carbons (Fsp3) is 0.222. The highest BCUT2D eigenvalue weighted by Gasteiger charge is 2.20. The third kappa shape index (κ3) is 3.08. The van der Waals surface area contributed by atoms with E-state index in [1.54, 1.807) is 44.4 Å². The van der Waals surface area contributed by atoms with Crippen molar-refractivity contribution in [3.8, 4) is 11.6 Å². The summed E-state index contributed by atoms with van der Waals surface area (Å²) in [4.78, 5) is 32.1. The molecule has 7 nitrogen and oxygen atoms in total. The minimum atomic E-state index is -1.15. The van der Waals surface area contributed by atoms with Gasteiger partial charge < -0.3 is 14.8 Å². The number of rotatable bonds is 3. The molecule has 0 bridgehead atoms. The summed E-state index contributed by atoms with van der Waals surface area (Å²) in [5.41, 5.74) is 2.00. The van der Waals surface area contributed by atoms with Crippen LogP contribution in [0.15, 0.2) is 39.8 Å². The quantitative estimate of drug-likeness (QED) is 0.759. The first kappa shape index (κ1) is 16.6. The van der Waals surface area contributed by atoms with Gasteiger partial charge >= 0.3 is 6.09 Å². The first-order valence-corrected chi connectivity index (χ1v) is 7.73. The van der Waals surface area contributed by atoms with E-state index in [9.17, 15) is 9.59 Å². The number of aromatic nitrogens is 2. The molecule has 0 aliphatic carbocycles. The molecule has 2 aromatic heterocycles. The molecule has 25 heavy (non-hydrogen) atoms. The van der Waals surface area contributed by atoms with E-state index < -0.39 is 12.1 Å². The van der Waals surface area contributed by atoms with Crippen LogP contribution in [0.25, 0.3) is 22.6 Å². The summed E-state index contributed by atoms with van der Waals surface area (Å²) in [5.74, 6) is 0.593. The molecule has 3 rings (SSSR count). The van der Waals surface area contributed by atoms with Crippen molar-refractivity contribution in [3.63, 3.8) is 0 Å². The number of nitrogens with zero attached hydrogens (tertiary/aromatic N) is 2. The van der Waals surface area contributed by atoms with Gasteiger partial charge in [0, 0.05) is 23.5 Å². The third-order valence-electron chi connectivity index (χ3n) is 3.97. The zero-order valence-corrected chi connectivity index (χ0v) is 14.0. The van der Waals surface area contributed by atoms with Crippen LogP contribution in [-0.2, 0) is 0 Å². The predicted molar refractivity (Wildman–Crippen MR) is 92.6 cm³/mol. The van der Waals surface area contributed by atoms with Gasteiger partial charge in [-0.05, 0) is 38.5 Å². The molecule has 0 spiro atoms. The maximum absolute atomic E-state index is 12.8. The van der Waals surface area contributed by atoms with Crippen molar-refractivity contribution in [1.82, 2.24) is 15.3 Å². The summed E-state index contributed by atoms with van der Waals surface area (Å²) in [6.45, 7) is 5.21. The lowest BCUT2D eigenvalue weighted by Gasteiger charge is -2.16. The van der Waals surface area contributed by atoms with Gasteiger partial charge in [0.05, 0.1) is 11.4 Å². The second-order valence-electron chi connectivity index (χ2n) is 5.86. The van der Waals surface area contributed by atoms with Crippen molar-refractivity contribution in [3.05, 3.63) is 57.5 Å². The monoisotopic (exact) mass is 339 g/mol. The lowest BCUT2D eigenvalue weighted by atomic mass is 10.00. The van der Waals surface area contributed by atoms with E-state index in [1.165, 1.54) is 0 Å². The molecule has 0 unspecified atom stereocenters. The number of hydrogen-bond donors (Lipinski definition) is 2. The normalized spacial score (nSPS) is 12.1. The van der Waals surface area contributed by atoms with E-state index in [2.05, 4.69) is 15.3 Å². The Labute approximate surface area is 143 Å². The second kappa shape index (κ2) is 6.35. The number of fused-ring (bicyclic) bond motifs is 1. The van der Waals surface area contributed by atoms with Crippen LogP contribution in [0.5, 0.6) is 0 Å². The summed E-state index contributed by atoms with van der Waals surface area (Å²) >= 11 is 0. The summed E-state index contributed by atoms with van der Waals surface area (Å²) < 4.78 is 5.99. The average Bonchev–Trinajstić information content (AvgIpc) is 2.58. The van der Waals surface area contributed by atoms with Crippen molar-refractivity contribution in [2.24, 2.45) is 0 Å². The Hall–Kier alpha value is -3.22. The second-order valence-corrected chi connectivity index (χ2v) is 5.86. The van der Waals surface area contributed by atoms with Gasteiger partial charge in [-0.25, -0.2) is 14.8 Å². The van der Waals surface area contributed by atoms with Crippen LogP contribution in [0.3, 0.4) is 0 Å². The number of hydrogen-bond acceptors (Lipinski definition) is 5. The first-order valence-electron chi connectivity index (χ1n) is 7.73. The van der Waals surface area contributed by atoms with Crippen LogP contribution in [0.2, 0.25) is 0 Å². The SMILES string of the molecule is Cc1cc([C@@H](C)NC(=O)O)c2oc(-c3ncccn3)c(C)c(=O)c2c1. The van der Waals surface area contributed by atoms with Crippen LogP contribution in [0, 0.1) is 13.8 Å². The lowest BCUT2D eigenvalue weighted by Crippen LogP contribution is -2.25. The molecule has 0 fully saturated rings. The maximum atomic E-state index is 12.8. The minimum Gasteiger partial charge on any atom is -0.465 e. The lowest BCUT2D eigenvalue weighted by molar-refractivity contribution is 0.191. The molecule has 1 atom stereocenters. The summed E-state index contributed by atoms with van der Waals surface area (Å²) in [6.07, 6.45) is 1.98. The zero-order valence-electron chi connectivity index (χ0n) is 14.0. The van der Waals surface area contributed by atoms with Gasteiger partial charge in [0.25, 0.3) is 0 Å². The van der Waals surface area contributed by atoms with Crippen molar-refractivity contribution >= 4 is 17.1 Å². The summed E-state index contributed by atoms with van der Waals surface area (Å²) in [5, 5.41) is 11.8.